The molecule has 22 heavy (non-hydrogen) atoms. The Hall–Kier alpha value is -2.44. The molecule has 2 atom stereocenters. The lowest BCUT2D eigenvalue weighted by atomic mass is 9.83. The van der Waals surface area contributed by atoms with Crippen LogP contribution in [0.5, 0.6) is 0 Å². The van der Waals surface area contributed by atoms with Crippen molar-refractivity contribution in [3.05, 3.63) is 30.2 Å². The zero-order valence-corrected chi connectivity index (χ0v) is 11.8. The summed E-state index contributed by atoms with van der Waals surface area (Å²) >= 11 is 0. The van der Waals surface area contributed by atoms with Crippen LogP contribution in [0.2, 0.25) is 0 Å². The van der Waals surface area contributed by atoms with E-state index in [9.17, 15) is 9.18 Å². The van der Waals surface area contributed by atoms with Crippen LogP contribution in [0.1, 0.15) is 6.42 Å². The highest BCUT2D eigenvalue weighted by Crippen LogP contribution is 2.34. The quantitative estimate of drug-likeness (QED) is 0.872. The zero-order chi connectivity index (χ0) is 15.3. The van der Waals surface area contributed by atoms with Crippen LogP contribution in [0.4, 0.5) is 15.0 Å². The van der Waals surface area contributed by atoms with Crippen molar-refractivity contribution < 1.29 is 14.3 Å². The second kappa shape index (κ2) is 4.79. The molecule has 2 unspecified atom stereocenters. The van der Waals surface area contributed by atoms with Crippen molar-refractivity contribution >= 4 is 22.9 Å². The molecule has 2 aliphatic rings. The number of aromatic nitrogens is 2. The number of carboxylic acid groups (broad SMARTS) is 1. The summed E-state index contributed by atoms with van der Waals surface area (Å²) in [5, 5.41) is 9.14. The summed E-state index contributed by atoms with van der Waals surface area (Å²) in [6, 6.07) is 4.37. The van der Waals surface area contributed by atoms with Crippen molar-refractivity contribution in [2.75, 3.05) is 24.5 Å². The first-order valence-corrected chi connectivity index (χ1v) is 7.28. The Labute approximate surface area is 126 Å². The van der Waals surface area contributed by atoms with Gasteiger partial charge in [-0.1, -0.05) is 0 Å². The summed E-state index contributed by atoms with van der Waals surface area (Å²) in [6.45, 7) is 2.12. The summed E-state index contributed by atoms with van der Waals surface area (Å²) in [5.74, 6) is 0.839. The molecule has 1 aromatic heterocycles. The average molecular weight is 302 g/mol. The van der Waals surface area contributed by atoms with Gasteiger partial charge >= 0.3 is 6.09 Å². The van der Waals surface area contributed by atoms with Crippen LogP contribution >= 0.6 is 0 Å². The standard InChI is InChI=1S/C15H15FN4O2/c16-10-1-2-11-12(5-10)17-6-14(18-11)19-4-3-9-7-20(15(21)22)13(9)8-19/h1-2,5-6,9,13H,3-4,7-8H2,(H,21,22). The van der Waals surface area contributed by atoms with E-state index in [-0.39, 0.29) is 11.9 Å². The molecular weight excluding hydrogens is 287 g/mol. The largest absolute Gasteiger partial charge is 0.465 e. The summed E-state index contributed by atoms with van der Waals surface area (Å²) in [6.07, 6.45) is 1.73. The Kier molecular flexibility index (Phi) is 2.88. The lowest BCUT2D eigenvalue weighted by Gasteiger charge is -2.52. The van der Waals surface area contributed by atoms with Gasteiger partial charge in [-0.05, 0) is 18.6 Å². The van der Waals surface area contributed by atoms with Crippen molar-refractivity contribution in [2.24, 2.45) is 5.92 Å². The van der Waals surface area contributed by atoms with Gasteiger partial charge in [0, 0.05) is 31.6 Å². The molecular formula is C15H15FN4O2. The van der Waals surface area contributed by atoms with Gasteiger partial charge in [0.1, 0.15) is 11.6 Å². The van der Waals surface area contributed by atoms with E-state index >= 15 is 0 Å². The van der Waals surface area contributed by atoms with Gasteiger partial charge in [0.25, 0.3) is 0 Å². The SMILES string of the molecule is O=C(O)N1CC2CCN(c3cnc4cc(F)ccc4n3)CC21. The predicted molar refractivity (Wildman–Crippen MR) is 78.3 cm³/mol. The van der Waals surface area contributed by atoms with Crippen molar-refractivity contribution in [1.29, 1.82) is 0 Å². The Morgan fingerprint density at radius 2 is 2.18 bits per heavy atom. The zero-order valence-electron chi connectivity index (χ0n) is 11.8. The van der Waals surface area contributed by atoms with E-state index in [1.807, 2.05) is 0 Å². The molecule has 2 fully saturated rings. The third kappa shape index (κ3) is 2.04. The first-order chi connectivity index (χ1) is 10.6. The van der Waals surface area contributed by atoms with Gasteiger partial charge in [-0.3, -0.25) is 4.98 Å². The summed E-state index contributed by atoms with van der Waals surface area (Å²) in [4.78, 5) is 23.5. The molecule has 114 valence electrons. The first-order valence-electron chi connectivity index (χ1n) is 7.28. The van der Waals surface area contributed by atoms with Crippen LogP contribution < -0.4 is 4.90 Å². The Morgan fingerprint density at radius 3 is 3.00 bits per heavy atom. The molecule has 7 heteroatoms. The lowest BCUT2D eigenvalue weighted by Crippen LogP contribution is -2.65. The fourth-order valence-corrected chi connectivity index (χ4v) is 3.35. The van der Waals surface area contributed by atoms with E-state index in [1.165, 1.54) is 17.0 Å². The van der Waals surface area contributed by atoms with Crippen LogP contribution in [-0.2, 0) is 0 Å². The molecule has 0 radical (unpaired) electrons. The maximum absolute atomic E-state index is 13.2. The molecule has 2 aromatic rings. The van der Waals surface area contributed by atoms with E-state index in [0.717, 1.165) is 18.8 Å². The molecule has 0 spiro atoms. The van der Waals surface area contributed by atoms with Crippen LogP contribution in [0, 0.1) is 11.7 Å². The topological polar surface area (TPSA) is 69.6 Å². The number of halogens is 1. The number of rotatable bonds is 1. The molecule has 3 heterocycles. The molecule has 1 N–H and O–H groups in total. The number of hydrogen-bond acceptors (Lipinski definition) is 4. The first kappa shape index (κ1) is 13.2. The van der Waals surface area contributed by atoms with Crippen molar-refractivity contribution in [3.63, 3.8) is 0 Å². The maximum atomic E-state index is 13.2. The van der Waals surface area contributed by atoms with Gasteiger partial charge in [0.2, 0.25) is 0 Å². The van der Waals surface area contributed by atoms with Gasteiger partial charge in [0.05, 0.1) is 23.3 Å². The Morgan fingerprint density at radius 1 is 1.32 bits per heavy atom. The Bertz CT molecular complexity index is 753. The smallest absolute Gasteiger partial charge is 0.407 e. The van der Waals surface area contributed by atoms with Crippen molar-refractivity contribution in [1.82, 2.24) is 14.9 Å². The van der Waals surface area contributed by atoms with Crippen molar-refractivity contribution in [2.45, 2.75) is 12.5 Å². The van der Waals surface area contributed by atoms with Crippen LogP contribution in [0.15, 0.2) is 24.4 Å². The minimum Gasteiger partial charge on any atom is -0.465 e. The normalized spacial score (nSPS) is 24.0. The fraction of sp³-hybridized carbons (Fsp3) is 0.400. The molecule has 0 saturated carbocycles. The third-order valence-corrected chi connectivity index (χ3v) is 4.61. The molecule has 1 aromatic carbocycles. The van der Waals surface area contributed by atoms with Gasteiger partial charge in [-0.15, -0.1) is 0 Å². The highest BCUT2D eigenvalue weighted by atomic mass is 19.1. The number of hydrogen-bond donors (Lipinski definition) is 1. The second-order valence-electron chi connectivity index (χ2n) is 5.86. The summed E-state index contributed by atoms with van der Waals surface area (Å²) in [5.41, 5.74) is 1.17. The van der Waals surface area contributed by atoms with Gasteiger partial charge in [-0.25, -0.2) is 14.2 Å². The van der Waals surface area contributed by atoms with E-state index in [2.05, 4.69) is 14.9 Å². The Balaban J connectivity index is 1.59. The van der Waals surface area contributed by atoms with E-state index in [0.29, 0.717) is 30.0 Å². The molecule has 0 aliphatic carbocycles. The van der Waals surface area contributed by atoms with Gasteiger partial charge in [-0.2, -0.15) is 0 Å². The molecule has 2 aliphatic heterocycles. The number of likely N-dealkylation sites (tertiary alicyclic amines) is 1. The summed E-state index contributed by atoms with van der Waals surface area (Å²) < 4.78 is 13.2. The average Bonchev–Trinajstić information content (AvgIpc) is 2.47. The van der Waals surface area contributed by atoms with Gasteiger partial charge in [0.15, 0.2) is 0 Å². The number of anilines is 1. The second-order valence-corrected chi connectivity index (χ2v) is 5.86. The highest BCUT2D eigenvalue weighted by molar-refractivity contribution is 5.75. The van der Waals surface area contributed by atoms with E-state index < -0.39 is 6.09 Å². The number of fused-ring (bicyclic) bond motifs is 2. The fourth-order valence-electron chi connectivity index (χ4n) is 3.35. The summed E-state index contributed by atoms with van der Waals surface area (Å²) in [7, 11) is 0. The van der Waals surface area contributed by atoms with E-state index in [1.54, 1.807) is 12.3 Å². The van der Waals surface area contributed by atoms with E-state index in [4.69, 9.17) is 5.11 Å². The maximum Gasteiger partial charge on any atom is 0.407 e. The predicted octanol–water partition coefficient (Wildman–Crippen LogP) is 1.96. The van der Waals surface area contributed by atoms with Crippen molar-refractivity contribution in [3.8, 4) is 0 Å². The third-order valence-electron chi connectivity index (χ3n) is 4.61. The highest BCUT2D eigenvalue weighted by Gasteiger charge is 2.45. The van der Waals surface area contributed by atoms with Crippen LogP contribution in [0.25, 0.3) is 11.0 Å². The lowest BCUT2D eigenvalue weighted by molar-refractivity contribution is 0.0135. The number of amides is 1. The molecule has 1 amide bonds. The molecule has 0 bridgehead atoms. The van der Waals surface area contributed by atoms with Crippen LogP contribution in [0.3, 0.4) is 0 Å². The molecule has 6 nitrogen and oxygen atoms in total. The minimum absolute atomic E-state index is 0.0389. The number of piperidine rings is 1. The number of carbonyl (C=O) groups is 1. The molecule has 4 rings (SSSR count). The van der Waals surface area contributed by atoms with Crippen LogP contribution in [-0.4, -0.2) is 51.7 Å². The van der Waals surface area contributed by atoms with Gasteiger partial charge < -0.3 is 14.9 Å². The monoisotopic (exact) mass is 302 g/mol. The molecule has 2 saturated heterocycles. The number of nitrogens with zero attached hydrogens (tertiary/aromatic N) is 4. The number of benzene rings is 1. The minimum atomic E-state index is -0.858.